The normalized spacial score (nSPS) is 11.0. The number of nitro benzene ring substituents is 1. The van der Waals surface area contributed by atoms with Crippen molar-refractivity contribution in [3.05, 3.63) is 63.7 Å². The molecule has 26 heavy (non-hydrogen) atoms. The molecule has 7 nitrogen and oxygen atoms in total. The number of rotatable bonds is 4. The lowest BCUT2D eigenvalue weighted by Crippen LogP contribution is -1.93. The van der Waals surface area contributed by atoms with Gasteiger partial charge in [0.25, 0.3) is 0 Å². The van der Waals surface area contributed by atoms with E-state index in [-0.39, 0.29) is 11.4 Å². The minimum atomic E-state index is -0.491. The predicted molar refractivity (Wildman–Crippen MR) is 97.4 cm³/mol. The quantitative estimate of drug-likeness (QED) is 0.400. The summed E-state index contributed by atoms with van der Waals surface area (Å²) in [5.41, 5.74) is 2.01. The van der Waals surface area contributed by atoms with E-state index >= 15 is 0 Å². The van der Waals surface area contributed by atoms with Crippen LogP contribution in [0.15, 0.2) is 52.9 Å². The molecule has 0 aliphatic rings. The molecule has 0 saturated carbocycles. The molecule has 130 valence electrons. The highest BCUT2D eigenvalue weighted by molar-refractivity contribution is 6.31. The summed E-state index contributed by atoms with van der Waals surface area (Å²) in [4.78, 5) is 18.3. The second kappa shape index (κ2) is 6.20. The van der Waals surface area contributed by atoms with E-state index in [1.165, 1.54) is 13.2 Å². The monoisotopic (exact) mass is 369 g/mol. The standard InChI is InChI=1S/C18H12ClN3O4/c1-25-16-5-2-10(8-14(16)22(23)24)15-6-7-17(26-15)18-20-12-4-3-11(19)9-13(12)21-18/h2-9H,1H3,(H,20,21). The molecule has 0 aliphatic heterocycles. The summed E-state index contributed by atoms with van der Waals surface area (Å²) in [5, 5.41) is 11.8. The Labute approximate surface area is 152 Å². The van der Waals surface area contributed by atoms with Crippen molar-refractivity contribution in [3.8, 4) is 28.7 Å². The largest absolute Gasteiger partial charge is 0.490 e. The van der Waals surface area contributed by atoms with E-state index in [2.05, 4.69) is 9.97 Å². The SMILES string of the molecule is COc1ccc(-c2ccc(-c3nc4ccc(Cl)cc4[nH]3)o2)cc1[N+](=O)[O-]. The molecule has 0 bridgehead atoms. The van der Waals surface area contributed by atoms with Crippen molar-refractivity contribution in [1.29, 1.82) is 0 Å². The van der Waals surface area contributed by atoms with Gasteiger partial charge in [0.05, 0.1) is 23.1 Å². The smallest absolute Gasteiger partial charge is 0.311 e. The summed E-state index contributed by atoms with van der Waals surface area (Å²) < 4.78 is 10.9. The van der Waals surface area contributed by atoms with E-state index in [9.17, 15) is 10.1 Å². The fourth-order valence-corrected chi connectivity index (χ4v) is 2.88. The van der Waals surface area contributed by atoms with Crippen LogP contribution in [0.1, 0.15) is 0 Å². The maximum atomic E-state index is 11.2. The minimum Gasteiger partial charge on any atom is -0.490 e. The van der Waals surface area contributed by atoms with Gasteiger partial charge in [0.2, 0.25) is 0 Å². The van der Waals surface area contributed by atoms with E-state index < -0.39 is 4.92 Å². The van der Waals surface area contributed by atoms with Gasteiger partial charge in [-0.1, -0.05) is 11.6 Å². The maximum absolute atomic E-state index is 11.2. The molecule has 8 heteroatoms. The zero-order valence-corrected chi connectivity index (χ0v) is 14.3. The summed E-state index contributed by atoms with van der Waals surface area (Å²) in [5.74, 6) is 1.76. The molecular weight excluding hydrogens is 358 g/mol. The third-order valence-electron chi connectivity index (χ3n) is 3.94. The molecule has 0 atom stereocenters. The van der Waals surface area contributed by atoms with Crippen molar-refractivity contribution >= 4 is 28.3 Å². The lowest BCUT2D eigenvalue weighted by Gasteiger charge is -2.03. The van der Waals surface area contributed by atoms with E-state index in [1.54, 1.807) is 36.4 Å². The van der Waals surface area contributed by atoms with Crippen LogP contribution in [0.25, 0.3) is 33.9 Å². The first-order valence-electron chi connectivity index (χ1n) is 7.63. The van der Waals surface area contributed by atoms with Gasteiger partial charge in [-0.25, -0.2) is 4.98 Å². The Balaban J connectivity index is 1.73. The van der Waals surface area contributed by atoms with Crippen LogP contribution >= 0.6 is 11.6 Å². The zero-order chi connectivity index (χ0) is 18.3. The van der Waals surface area contributed by atoms with Crippen molar-refractivity contribution in [1.82, 2.24) is 9.97 Å². The molecule has 4 rings (SSSR count). The lowest BCUT2D eigenvalue weighted by atomic mass is 10.1. The number of benzene rings is 2. The number of fused-ring (bicyclic) bond motifs is 1. The van der Waals surface area contributed by atoms with E-state index in [0.29, 0.717) is 27.9 Å². The molecular formula is C18H12ClN3O4. The second-order valence-corrected chi connectivity index (χ2v) is 5.99. The molecule has 1 N–H and O–H groups in total. The van der Waals surface area contributed by atoms with E-state index in [1.807, 2.05) is 6.07 Å². The van der Waals surface area contributed by atoms with Crippen molar-refractivity contribution < 1.29 is 14.1 Å². The summed E-state index contributed by atoms with van der Waals surface area (Å²) in [6.07, 6.45) is 0. The number of nitro groups is 1. The Hall–Kier alpha value is -3.32. The number of hydrogen-bond acceptors (Lipinski definition) is 5. The fourth-order valence-electron chi connectivity index (χ4n) is 2.70. The summed E-state index contributed by atoms with van der Waals surface area (Å²) in [6.45, 7) is 0. The Morgan fingerprint density at radius 1 is 1.15 bits per heavy atom. The van der Waals surface area contributed by atoms with Crippen LogP contribution in [0, 0.1) is 10.1 Å². The first-order valence-corrected chi connectivity index (χ1v) is 8.01. The number of aromatic nitrogens is 2. The number of aromatic amines is 1. The van der Waals surface area contributed by atoms with Gasteiger partial charge in [-0.15, -0.1) is 0 Å². The van der Waals surface area contributed by atoms with Crippen LogP contribution in [0.4, 0.5) is 5.69 Å². The number of nitrogens with zero attached hydrogens (tertiary/aromatic N) is 2. The third kappa shape index (κ3) is 2.78. The Morgan fingerprint density at radius 2 is 1.96 bits per heavy atom. The average Bonchev–Trinajstić information content (AvgIpc) is 3.27. The van der Waals surface area contributed by atoms with Gasteiger partial charge in [-0.2, -0.15) is 0 Å². The maximum Gasteiger partial charge on any atom is 0.311 e. The van der Waals surface area contributed by atoms with Crippen molar-refractivity contribution in [2.45, 2.75) is 0 Å². The van der Waals surface area contributed by atoms with E-state index in [4.69, 9.17) is 20.8 Å². The number of furan rings is 1. The lowest BCUT2D eigenvalue weighted by molar-refractivity contribution is -0.385. The van der Waals surface area contributed by atoms with Crippen LogP contribution in [0.2, 0.25) is 5.02 Å². The fraction of sp³-hybridized carbons (Fsp3) is 0.0556. The van der Waals surface area contributed by atoms with Crippen molar-refractivity contribution in [2.24, 2.45) is 0 Å². The van der Waals surface area contributed by atoms with Crippen LogP contribution < -0.4 is 4.74 Å². The number of nitrogens with one attached hydrogen (secondary N) is 1. The van der Waals surface area contributed by atoms with Crippen molar-refractivity contribution in [3.63, 3.8) is 0 Å². The summed E-state index contributed by atoms with van der Waals surface area (Å²) in [7, 11) is 1.39. The number of imidazole rings is 1. The number of methoxy groups -OCH3 is 1. The van der Waals surface area contributed by atoms with Crippen LogP contribution in [-0.2, 0) is 0 Å². The molecule has 2 aromatic carbocycles. The Morgan fingerprint density at radius 3 is 2.73 bits per heavy atom. The molecule has 0 fully saturated rings. The highest BCUT2D eigenvalue weighted by Crippen LogP contribution is 2.34. The molecule has 0 saturated heterocycles. The first-order chi connectivity index (χ1) is 12.5. The van der Waals surface area contributed by atoms with Gasteiger partial charge in [-0.05, 0) is 42.5 Å². The molecule has 2 aromatic heterocycles. The Bertz CT molecular complexity index is 1130. The minimum absolute atomic E-state index is 0.124. The van der Waals surface area contributed by atoms with Gasteiger partial charge in [0, 0.05) is 16.7 Å². The number of H-pyrrole nitrogens is 1. The highest BCUT2D eigenvalue weighted by atomic mass is 35.5. The molecule has 0 unspecified atom stereocenters. The van der Waals surface area contributed by atoms with Gasteiger partial charge < -0.3 is 14.1 Å². The van der Waals surface area contributed by atoms with Crippen LogP contribution in [0.3, 0.4) is 0 Å². The van der Waals surface area contributed by atoms with Gasteiger partial charge in [-0.3, -0.25) is 10.1 Å². The number of hydrogen-bond donors (Lipinski definition) is 1. The summed E-state index contributed by atoms with van der Waals surface area (Å²) >= 11 is 5.99. The molecule has 2 heterocycles. The Kier molecular flexibility index (Phi) is 3.85. The van der Waals surface area contributed by atoms with Gasteiger partial charge in [0.15, 0.2) is 17.3 Å². The van der Waals surface area contributed by atoms with Gasteiger partial charge >= 0.3 is 5.69 Å². The summed E-state index contributed by atoms with van der Waals surface area (Å²) in [6, 6.07) is 13.5. The second-order valence-electron chi connectivity index (χ2n) is 5.55. The molecule has 0 amide bonds. The van der Waals surface area contributed by atoms with Crippen LogP contribution in [0.5, 0.6) is 5.75 Å². The topological polar surface area (TPSA) is 94.2 Å². The van der Waals surface area contributed by atoms with Crippen molar-refractivity contribution in [2.75, 3.05) is 7.11 Å². The first kappa shape index (κ1) is 16.2. The van der Waals surface area contributed by atoms with E-state index in [0.717, 1.165) is 11.0 Å². The molecule has 0 radical (unpaired) electrons. The molecule has 4 aromatic rings. The number of ether oxygens (including phenoxy) is 1. The zero-order valence-electron chi connectivity index (χ0n) is 13.5. The number of halogens is 1. The predicted octanol–water partition coefficient (Wildman–Crippen LogP) is 5.06. The van der Waals surface area contributed by atoms with Gasteiger partial charge in [0.1, 0.15) is 5.76 Å². The molecule has 0 aliphatic carbocycles. The third-order valence-corrected chi connectivity index (χ3v) is 4.18. The average molecular weight is 370 g/mol. The highest BCUT2D eigenvalue weighted by Gasteiger charge is 2.18. The van der Waals surface area contributed by atoms with Crippen LogP contribution in [-0.4, -0.2) is 22.0 Å². The molecule has 0 spiro atoms.